The smallest absolute Gasteiger partial charge is 0.336 e. The molecule has 0 saturated carbocycles. The molecule has 2 aromatic rings. The lowest BCUT2D eigenvalue weighted by Crippen LogP contribution is -2.33. The van der Waals surface area contributed by atoms with Gasteiger partial charge in [0.05, 0.1) is 5.56 Å². The number of hydrogen-bond donors (Lipinski definition) is 4. The summed E-state index contributed by atoms with van der Waals surface area (Å²) < 4.78 is 5.84. The molecule has 2 amide bonds. The zero-order chi connectivity index (χ0) is 30.0. The summed E-state index contributed by atoms with van der Waals surface area (Å²) in [5, 5.41) is 27.1. The van der Waals surface area contributed by atoms with Gasteiger partial charge in [-0.3, -0.25) is 14.4 Å². The molecule has 2 aliphatic heterocycles. The van der Waals surface area contributed by atoms with Crippen LogP contribution in [0.15, 0.2) is 63.8 Å². The van der Waals surface area contributed by atoms with Gasteiger partial charge < -0.3 is 30.1 Å². The molecule has 1 fully saturated rings. The Morgan fingerprint density at radius 1 is 0.976 bits per heavy atom. The summed E-state index contributed by atoms with van der Waals surface area (Å²) >= 11 is 5.30. The number of hydroxylamine groups is 2. The Hall–Kier alpha value is -5.30. The third-order valence-corrected chi connectivity index (χ3v) is 6.74. The van der Waals surface area contributed by atoms with Gasteiger partial charge in [0.15, 0.2) is 10.5 Å². The number of aromatic carboxylic acids is 1. The number of carboxylic acid groups (broad SMARTS) is 1. The Kier molecular flexibility index (Phi) is 7.84. The number of nitrogens with zero attached hydrogens (tertiary/aromatic N) is 1. The van der Waals surface area contributed by atoms with Crippen LogP contribution in [-0.4, -0.2) is 50.7 Å². The van der Waals surface area contributed by atoms with Gasteiger partial charge in [0.1, 0.15) is 17.1 Å². The number of aromatic hydroxyl groups is 1. The molecular formula is C29H23N3O9S. The van der Waals surface area contributed by atoms with Crippen LogP contribution in [0.5, 0.6) is 5.75 Å². The molecule has 0 unspecified atom stereocenters. The van der Waals surface area contributed by atoms with Gasteiger partial charge in [0, 0.05) is 60.1 Å². The largest absolute Gasteiger partial charge is 0.508 e. The summed E-state index contributed by atoms with van der Waals surface area (Å²) in [5.74, 6) is -2.85. The molecule has 2 aromatic carbocycles. The highest BCUT2D eigenvalue weighted by molar-refractivity contribution is 7.80. The summed E-state index contributed by atoms with van der Waals surface area (Å²) in [6.07, 6.45) is 0.246. The van der Waals surface area contributed by atoms with E-state index in [1.165, 1.54) is 30.3 Å². The molecule has 0 radical (unpaired) electrons. The number of anilines is 1. The fourth-order valence-electron chi connectivity index (χ4n) is 4.58. The predicted molar refractivity (Wildman–Crippen MR) is 154 cm³/mol. The van der Waals surface area contributed by atoms with Crippen molar-refractivity contribution in [3.05, 3.63) is 70.4 Å². The minimum atomic E-state index is -1.21. The number of phenols is 1. The zero-order valence-corrected chi connectivity index (χ0v) is 22.7. The Bertz CT molecular complexity index is 1780. The van der Waals surface area contributed by atoms with Gasteiger partial charge in [-0.15, -0.1) is 5.06 Å². The molecule has 5 rings (SSSR count). The van der Waals surface area contributed by atoms with Crippen LogP contribution in [-0.2, 0) is 19.2 Å². The second-order valence-electron chi connectivity index (χ2n) is 9.41. The molecule has 2 heterocycles. The maximum atomic E-state index is 12.4. The molecule has 0 bridgehead atoms. The highest BCUT2D eigenvalue weighted by Crippen LogP contribution is 2.42. The van der Waals surface area contributed by atoms with Gasteiger partial charge in [-0.25, -0.2) is 9.59 Å². The summed E-state index contributed by atoms with van der Waals surface area (Å²) in [6, 6.07) is 13.4. The topological polar surface area (TPSA) is 175 Å². The van der Waals surface area contributed by atoms with Crippen LogP contribution in [0, 0.1) is 0 Å². The summed E-state index contributed by atoms with van der Waals surface area (Å²) in [7, 11) is 0. The number of benzene rings is 3. The quantitative estimate of drug-likeness (QED) is 0.102. The molecule has 1 aliphatic carbocycles. The first kappa shape index (κ1) is 28.2. The highest BCUT2D eigenvalue weighted by atomic mass is 32.1. The highest BCUT2D eigenvalue weighted by Gasteiger charge is 2.32. The number of imide groups is 1. The van der Waals surface area contributed by atoms with Crippen molar-refractivity contribution in [3.63, 3.8) is 0 Å². The van der Waals surface area contributed by atoms with Gasteiger partial charge in [0.25, 0.3) is 11.8 Å². The molecule has 0 aromatic heterocycles. The average Bonchev–Trinajstić information content (AvgIpc) is 3.26. The van der Waals surface area contributed by atoms with Crippen LogP contribution in [0.25, 0.3) is 33.4 Å². The second kappa shape index (κ2) is 11.7. The minimum Gasteiger partial charge on any atom is -0.508 e. The predicted octanol–water partition coefficient (Wildman–Crippen LogP) is 3.64. The van der Waals surface area contributed by atoms with E-state index in [9.17, 15) is 34.2 Å². The lowest BCUT2D eigenvalue weighted by atomic mass is 9.90. The van der Waals surface area contributed by atoms with Gasteiger partial charge >= 0.3 is 11.9 Å². The van der Waals surface area contributed by atoms with E-state index >= 15 is 0 Å². The fraction of sp³-hybridized carbons (Fsp3) is 0.172. The first-order valence-corrected chi connectivity index (χ1v) is 13.2. The van der Waals surface area contributed by atoms with E-state index in [-0.39, 0.29) is 65.4 Å². The van der Waals surface area contributed by atoms with E-state index in [1.54, 1.807) is 24.3 Å². The average molecular weight is 590 g/mol. The van der Waals surface area contributed by atoms with Crippen LogP contribution < -0.4 is 16.1 Å². The van der Waals surface area contributed by atoms with Crippen LogP contribution in [0.2, 0.25) is 0 Å². The second-order valence-corrected chi connectivity index (χ2v) is 9.82. The first-order valence-electron chi connectivity index (χ1n) is 12.8. The van der Waals surface area contributed by atoms with Crippen LogP contribution in [0.1, 0.15) is 36.0 Å². The number of hydrogen-bond acceptors (Lipinski definition) is 9. The van der Waals surface area contributed by atoms with Crippen LogP contribution in [0.3, 0.4) is 0 Å². The maximum Gasteiger partial charge on any atom is 0.336 e. The SMILES string of the molecule is O=C(CCCNC(=S)Nc1ccc(-c2c3ccc(=O)cc-3oc3cc(O)ccc23)c(C(=O)O)c1)ON1C(=O)CCC1=O. The van der Waals surface area contributed by atoms with E-state index in [4.69, 9.17) is 21.5 Å². The number of fused-ring (bicyclic) bond motifs is 2. The van der Waals surface area contributed by atoms with Gasteiger partial charge in [-0.1, -0.05) is 6.07 Å². The number of amides is 2. The number of carbonyl (C=O) groups is 4. The summed E-state index contributed by atoms with van der Waals surface area (Å²) in [5.41, 5.74) is 1.71. The summed E-state index contributed by atoms with van der Waals surface area (Å²) in [6.45, 7) is 0.257. The number of phenolic OH excluding ortho intramolecular Hbond substituents is 1. The van der Waals surface area contributed by atoms with E-state index in [1.807, 2.05) is 0 Å². The maximum absolute atomic E-state index is 12.4. The Labute approximate surface area is 242 Å². The van der Waals surface area contributed by atoms with Gasteiger partial charge in [-0.2, -0.15) is 0 Å². The van der Waals surface area contributed by atoms with Crippen LogP contribution >= 0.6 is 12.2 Å². The molecule has 0 atom stereocenters. The number of nitrogens with one attached hydrogen (secondary N) is 2. The standard InChI is InChI=1S/C29H23N3O9S/c33-16-4-7-19-22(13-16)40-23-14-17(34)5-8-20(23)27(19)18-6-3-15(12-21(18)28(38)39)31-29(42)30-11-1-2-26(37)41-32-24(35)9-10-25(32)36/h3-8,12-14,33H,1-2,9-11H2,(H,38,39)(H2,30,31,42). The number of carboxylic acids is 1. The molecule has 4 N–H and O–H groups in total. The molecular weight excluding hydrogens is 566 g/mol. The van der Waals surface area contributed by atoms with E-state index < -0.39 is 23.8 Å². The Balaban J connectivity index is 1.31. The molecule has 214 valence electrons. The molecule has 42 heavy (non-hydrogen) atoms. The summed E-state index contributed by atoms with van der Waals surface area (Å²) in [4.78, 5) is 64.2. The van der Waals surface area contributed by atoms with Crippen molar-refractivity contribution in [3.8, 4) is 28.2 Å². The van der Waals surface area contributed by atoms with Crippen molar-refractivity contribution in [1.82, 2.24) is 10.4 Å². The van der Waals surface area contributed by atoms with Crippen molar-refractivity contribution in [2.24, 2.45) is 0 Å². The molecule has 0 spiro atoms. The van der Waals surface area contributed by atoms with Crippen molar-refractivity contribution in [2.45, 2.75) is 25.7 Å². The molecule has 3 aliphatic rings. The van der Waals surface area contributed by atoms with Crippen molar-refractivity contribution >= 4 is 57.7 Å². The fourth-order valence-corrected chi connectivity index (χ4v) is 4.80. The van der Waals surface area contributed by atoms with Gasteiger partial charge in [0.2, 0.25) is 0 Å². The van der Waals surface area contributed by atoms with Crippen LogP contribution in [0.4, 0.5) is 5.69 Å². The molecule has 1 saturated heterocycles. The number of rotatable bonds is 8. The lowest BCUT2D eigenvalue weighted by Gasteiger charge is -2.18. The van der Waals surface area contributed by atoms with Crippen molar-refractivity contribution < 1.29 is 38.6 Å². The van der Waals surface area contributed by atoms with Crippen molar-refractivity contribution in [2.75, 3.05) is 11.9 Å². The first-order chi connectivity index (χ1) is 20.1. The number of carbonyl (C=O) groups excluding carboxylic acids is 3. The van der Waals surface area contributed by atoms with E-state index in [2.05, 4.69) is 10.6 Å². The normalized spacial score (nSPS) is 13.0. The number of thiocarbonyl (C=S) groups is 1. The Morgan fingerprint density at radius 2 is 1.71 bits per heavy atom. The van der Waals surface area contributed by atoms with Gasteiger partial charge in [-0.05, 0) is 60.6 Å². The third-order valence-electron chi connectivity index (χ3n) is 6.50. The van der Waals surface area contributed by atoms with E-state index in [0.717, 1.165) is 0 Å². The molecule has 12 nitrogen and oxygen atoms in total. The zero-order valence-electron chi connectivity index (χ0n) is 21.8. The molecule has 13 heteroatoms. The lowest BCUT2D eigenvalue weighted by molar-refractivity contribution is -0.197. The Morgan fingerprint density at radius 3 is 2.45 bits per heavy atom. The van der Waals surface area contributed by atoms with E-state index in [0.29, 0.717) is 32.8 Å². The van der Waals surface area contributed by atoms with Crippen molar-refractivity contribution in [1.29, 1.82) is 0 Å². The monoisotopic (exact) mass is 589 g/mol. The minimum absolute atomic E-state index is 0.0132. The third kappa shape index (κ3) is 5.90.